The van der Waals surface area contributed by atoms with E-state index in [9.17, 15) is 19.8 Å². The van der Waals surface area contributed by atoms with Crippen LogP contribution >= 0.6 is 0 Å². The highest BCUT2D eigenvalue weighted by atomic mass is 16.6. The summed E-state index contributed by atoms with van der Waals surface area (Å²) in [6.45, 7) is 3.61. The first-order valence-electron chi connectivity index (χ1n) is 10.3. The molecule has 2 N–H and O–H groups in total. The summed E-state index contributed by atoms with van der Waals surface area (Å²) in [5.41, 5.74) is 0.733. The van der Waals surface area contributed by atoms with E-state index in [-0.39, 0.29) is 19.8 Å². The summed E-state index contributed by atoms with van der Waals surface area (Å²) in [5, 5.41) is 19.7. The molecular formula is C24H28O8. The normalized spacial score (nSPS) is 22.1. The molecule has 8 heteroatoms. The van der Waals surface area contributed by atoms with E-state index >= 15 is 0 Å². The van der Waals surface area contributed by atoms with E-state index in [4.69, 9.17) is 18.9 Å². The summed E-state index contributed by atoms with van der Waals surface area (Å²) < 4.78 is 23.2. The first-order chi connectivity index (χ1) is 15.3. The van der Waals surface area contributed by atoms with Crippen LogP contribution in [0.25, 0.3) is 0 Å². The largest absolute Gasteiger partial charge is 0.479 e. The zero-order chi connectivity index (χ0) is 23.1. The Labute approximate surface area is 186 Å². The second-order valence-electron chi connectivity index (χ2n) is 8.23. The van der Waals surface area contributed by atoms with Gasteiger partial charge in [0.1, 0.15) is 12.2 Å². The van der Waals surface area contributed by atoms with Crippen LogP contribution in [-0.4, -0.2) is 58.8 Å². The van der Waals surface area contributed by atoms with Gasteiger partial charge in [0.15, 0.2) is 12.2 Å². The van der Waals surface area contributed by atoms with Crippen LogP contribution in [0.1, 0.15) is 25.0 Å². The summed E-state index contributed by atoms with van der Waals surface area (Å²) in [7, 11) is 0. The Morgan fingerprint density at radius 2 is 1.31 bits per heavy atom. The quantitative estimate of drug-likeness (QED) is 0.575. The maximum Gasteiger partial charge on any atom is 0.335 e. The molecule has 32 heavy (non-hydrogen) atoms. The molecule has 2 aromatic rings. The van der Waals surface area contributed by atoms with Gasteiger partial charge >= 0.3 is 11.9 Å². The average molecular weight is 444 g/mol. The fourth-order valence-corrected chi connectivity index (χ4v) is 3.49. The lowest BCUT2D eigenvalue weighted by Crippen LogP contribution is -2.61. The van der Waals surface area contributed by atoms with Gasteiger partial charge in [0.25, 0.3) is 0 Å². The average Bonchev–Trinajstić information content (AvgIpc) is 2.76. The van der Waals surface area contributed by atoms with Gasteiger partial charge in [-0.25, -0.2) is 9.59 Å². The van der Waals surface area contributed by atoms with E-state index in [0.717, 1.165) is 11.1 Å². The second-order valence-corrected chi connectivity index (χ2v) is 8.23. The Morgan fingerprint density at radius 3 is 1.75 bits per heavy atom. The van der Waals surface area contributed by atoms with E-state index in [0.29, 0.717) is 0 Å². The van der Waals surface area contributed by atoms with Crippen LogP contribution in [-0.2, 0) is 41.8 Å². The van der Waals surface area contributed by atoms with E-state index in [1.54, 1.807) is 26.0 Å². The minimum Gasteiger partial charge on any atom is -0.479 e. The smallest absolute Gasteiger partial charge is 0.335 e. The van der Waals surface area contributed by atoms with Crippen LogP contribution in [0.15, 0.2) is 60.7 Å². The van der Waals surface area contributed by atoms with E-state index in [2.05, 4.69) is 0 Å². The lowest BCUT2D eigenvalue weighted by atomic mass is 9.97. The zero-order valence-electron chi connectivity index (χ0n) is 18.0. The molecular weight excluding hydrogens is 416 g/mol. The van der Waals surface area contributed by atoms with Crippen LogP contribution in [0.3, 0.4) is 0 Å². The van der Waals surface area contributed by atoms with E-state index < -0.39 is 42.0 Å². The monoisotopic (exact) mass is 444 g/mol. The van der Waals surface area contributed by atoms with Crippen LogP contribution in [0.5, 0.6) is 0 Å². The molecule has 0 amide bonds. The number of benzene rings is 2. The van der Waals surface area contributed by atoms with Gasteiger partial charge in [-0.05, 0) is 25.0 Å². The maximum absolute atomic E-state index is 12.1. The van der Waals surface area contributed by atoms with Gasteiger partial charge < -0.3 is 29.2 Å². The molecule has 172 valence electrons. The van der Waals surface area contributed by atoms with Crippen molar-refractivity contribution in [2.24, 2.45) is 0 Å². The molecule has 1 fully saturated rings. The van der Waals surface area contributed by atoms with Gasteiger partial charge in [0.2, 0.25) is 0 Å². The van der Waals surface area contributed by atoms with Gasteiger partial charge in [-0.15, -0.1) is 0 Å². The number of ether oxygens (including phenoxy) is 4. The molecule has 2 aromatic carbocycles. The van der Waals surface area contributed by atoms with Crippen molar-refractivity contribution in [1.82, 2.24) is 0 Å². The number of hydrogen-bond acceptors (Lipinski definition) is 6. The van der Waals surface area contributed by atoms with Crippen LogP contribution in [0.2, 0.25) is 0 Å². The molecule has 3 rings (SSSR count). The Bertz CT molecular complexity index is 883. The molecule has 0 aromatic heterocycles. The summed E-state index contributed by atoms with van der Waals surface area (Å²) in [4.78, 5) is 24.1. The van der Waals surface area contributed by atoms with Crippen molar-refractivity contribution in [3.63, 3.8) is 0 Å². The predicted octanol–water partition coefficient (Wildman–Crippen LogP) is 2.89. The molecule has 0 bridgehead atoms. The van der Waals surface area contributed by atoms with E-state index in [1.807, 2.05) is 48.5 Å². The summed E-state index contributed by atoms with van der Waals surface area (Å²) >= 11 is 0. The Kier molecular flexibility index (Phi) is 7.98. The number of carbonyl (C=O) groups is 2. The number of rotatable bonds is 10. The number of aliphatic carboxylic acids is 2. The Balaban J connectivity index is 1.81. The van der Waals surface area contributed by atoms with Crippen molar-refractivity contribution in [2.45, 2.75) is 57.1 Å². The van der Waals surface area contributed by atoms with Gasteiger partial charge in [-0.3, -0.25) is 0 Å². The van der Waals surface area contributed by atoms with Gasteiger partial charge in [-0.1, -0.05) is 60.7 Å². The van der Waals surface area contributed by atoms with Gasteiger partial charge in [0.05, 0.1) is 25.4 Å². The summed E-state index contributed by atoms with van der Waals surface area (Å²) in [6, 6.07) is 18.2. The Morgan fingerprint density at radius 1 is 0.875 bits per heavy atom. The first kappa shape index (κ1) is 23.9. The topological polar surface area (TPSA) is 112 Å². The lowest BCUT2D eigenvalue weighted by molar-refractivity contribution is -0.272. The SMILES string of the molecule is CC1(C)COC(C(OCc2ccccc2)C(=O)O)C(C(OCc2ccccc2)C(=O)O)O1. The third-order valence-corrected chi connectivity index (χ3v) is 5.03. The minimum atomic E-state index is -1.46. The summed E-state index contributed by atoms with van der Waals surface area (Å²) in [5.74, 6) is -2.55. The van der Waals surface area contributed by atoms with Crippen molar-refractivity contribution in [3.05, 3.63) is 71.8 Å². The van der Waals surface area contributed by atoms with Crippen LogP contribution in [0, 0.1) is 0 Å². The highest BCUT2D eigenvalue weighted by Crippen LogP contribution is 2.30. The molecule has 4 unspecified atom stereocenters. The number of carboxylic acids is 2. The van der Waals surface area contributed by atoms with Crippen molar-refractivity contribution in [2.75, 3.05) is 6.61 Å². The Hall–Kier alpha value is -2.78. The van der Waals surface area contributed by atoms with Gasteiger partial charge in [0, 0.05) is 0 Å². The number of carboxylic acid groups (broad SMARTS) is 2. The third-order valence-electron chi connectivity index (χ3n) is 5.03. The molecule has 1 saturated heterocycles. The predicted molar refractivity (Wildman–Crippen MR) is 114 cm³/mol. The molecule has 0 saturated carbocycles. The molecule has 8 nitrogen and oxygen atoms in total. The first-order valence-corrected chi connectivity index (χ1v) is 10.3. The van der Waals surface area contributed by atoms with Crippen molar-refractivity contribution < 1.29 is 38.7 Å². The fraction of sp³-hybridized carbons (Fsp3) is 0.417. The number of hydrogen-bond donors (Lipinski definition) is 2. The zero-order valence-corrected chi connectivity index (χ0v) is 18.0. The maximum atomic E-state index is 12.1. The van der Waals surface area contributed by atoms with Crippen molar-refractivity contribution in [1.29, 1.82) is 0 Å². The van der Waals surface area contributed by atoms with Crippen molar-refractivity contribution in [3.8, 4) is 0 Å². The minimum absolute atomic E-state index is 0.0213. The van der Waals surface area contributed by atoms with E-state index in [1.165, 1.54) is 0 Å². The molecule has 4 atom stereocenters. The fourth-order valence-electron chi connectivity index (χ4n) is 3.49. The van der Waals surface area contributed by atoms with Crippen LogP contribution < -0.4 is 0 Å². The summed E-state index contributed by atoms with van der Waals surface area (Å²) in [6.07, 6.45) is -5.28. The third kappa shape index (κ3) is 6.37. The molecule has 0 aliphatic carbocycles. The van der Waals surface area contributed by atoms with Gasteiger partial charge in [-0.2, -0.15) is 0 Å². The highest BCUT2D eigenvalue weighted by molar-refractivity contribution is 5.75. The molecule has 0 radical (unpaired) electrons. The molecule has 1 heterocycles. The molecule has 0 spiro atoms. The van der Waals surface area contributed by atoms with Crippen molar-refractivity contribution >= 4 is 11.9 Å². The second kappa shape index (κ2) is 10.7. The van der Waals surface area contributed by atoms with Crippen LogP contribution in [0.4, 0.5) is 0 Å². The lowest BCUT2D eigenvalue weighted by Gasteiger charge is -2.44. The standard InChI is InChI=1S/C24H28O8/c1-24(2)15-31-18(20(22(25)26)29-13-16-9-5-3-6-10-16)19(32-24)21(23(27)28)30-14-17-11-7-4-8-12-17/h3-12,18-21H,13-15H2,1-2H3,(H,25,26)(H,27,28). The molecule has 1 aliphatic heterocycles. The highest BCUT2D eigenvalue weighted by Gasteiger charge is 2.50. The molecule has 1 aliphatic rings.